The summed E-state index contributed by atoms with van der Waals surface area (Å²) in [5.74, 6) is -1.15. The average molecular weight is 284 g/mol. The molecule has 1 aliphatic rings. The molecule has 0 aliphatic carbocycles. The predicted molar refractivity (Wildman–Crippen MR) is 57.4 cm³/mol. The van der Waals surface area contributed by atoms with Gasteiger partial charge < -0.3 is 20.8 Å². The Morgan fingerprint density at radius 1 is 1.53 bits per heavy atom. The van der Waals surface area contributed by atoms with Crippen molar-refractivity contribution in [3.63, 3.8) is 0 Å². The van der Waals surface area contributed by atoms with E-state index in [4.69, 9.17) is 10.2 Å². The van der Waals surface area contributed by atoms with Gasteiger partial charge in [0.05, 0.1) is 6.04 Å². The molecule has 9 heteroatoms. The van der Waals surface area contributed by atoms with Gasteiger partial charge in [0.1, 0.15) is 0 Å². The summed E-state index contributed by atoms with van der Waals surface area (Å²) in [6, 6.07) is -1.76. The van der Waals surface area contributed by atoms with Gasteiger partial charge in [0.2, 0.25) is 5.91 Å². The van der Waals surface area contributed by atoms with Crippen LogP contribution in [0.4, 0.5) is 18.0 Å². The van der Waals surface area contributed by atoms with Gasteiger partial charge in [0.15, 0.2) is 6.10 Å². The second-order valence-electron chi connectivity index (χ2n) is 4.41. The van der Waals surface area contributed by atoms with Crippen molar-refractivity contribution in [3.8, 4) is 0 Å². The molecular weight excluding hydrogens is 269 g/mol. The number of alkyl halides is 3. The van der Waals surface area contributed by atoms with Gasteiger partial charge in [-0.2, -0.15) is 13.2 Å². The quantitative estimate of drug-likeness (QED) is 0.603. The molecule has 110 valence electrons. The van der Waals surface area contributed by atoms with E-state index in [-0.39, 0.29) is 0 Å². The number of nitrogens with one attached hydrogen (secondary N) is 2. The number of aliphatic hydroxyl groups excluding tert-OH is 1. The zero-order chi connectivity index (χ0) is 14.6. The summed E-state index contributed by atoms with van der Waals surface area (Å²) in [6.07, 6.45) is -8.87. The van der Waals surface area contributed by atoms with E-state index in [1.54, 1.807) is 5.32 Å². The lowest BCUT2D eigenvalue weighted by atomic mass is 9.89. The summed E-state index contributed by atoms with van der Waals surface area (Å²) in [7, 11) is 0. The molecule has 3 atom stereocenters. The highest BCUT2D eigenvalue weighted by Gasteiger charge is 2.45. The van der Waals surface area contributed by atoms with Crippen molar-refractivity contribution in [2.24, 2.45) is 5.92 Å². The summed E-state index contributed by atoms with van der Waals surface area (Å²) in [5.41, 5.74) is 0. The number of rotatable bonds is 4. The van der Waals surface area contributed by atoms with Crippen molar-refractivity contribution < 1.29 is 33.0 Å². The molecule has 0 bridgehead atoms. The molecule has 1 heterocycles. The molecule has 19 heavy (non-hydrogen) atoms. The maximum Gasteiger partial charge on any atom is 0.416 e. The normalized spacial score (nSPS) is 23.4. The first-order chi connectivity index (χ1) is 8.71. The van der Waals surface area contributed by atoms with Gasteiger partial charge in [0, 0.05) is 12.5 Å². The van der Waals surface area contributed by atoms with Gasteiger partial charge in [0.25, 0.3) is 0 Å². The number of amides is 2. The van der Waals surface area contributed by atoms with Gasteiger partial charge in [-0.25, -0.2) is 4.79 Å². The van der Waals surface area contributed by atoms with Crippen molar-refractivity contribution in [3.05, 3.63) is 0 Å². The number of hydrogen-bond donors (Lipinski definition) is 4. The maximum absolute atomic E-state index is 12.4. The van der Waals surface area contributed by atoms with Crippen LogP contribution < -0.4 is 10.6 Å². The molecule has 0 aromatic rings. The van der Waals surface area contributed by atoms with Crippen LogP contribution in [0.3, 0.4) is 0 Å². The van der Waals surface area contributed by atoms with Crippen LogP contribution in [0.15, 0.2) is 0 Å². The molecule has 1 aliphatic heterocycles. The third kappa shape index (κ3) is 4.58. The lowest BCUT2D eigenvalue weighted by Crippen LogP contribution is -2.52. The zero-order valence-corrected chi connectivity index (χ0v) is 9.91. The Kier molecular flexibility index (Phi) is 4.98. The summed E-state index contributed by atoms with van der Waals surface area (Å²) in [5, 5.41) is 21.7. The van der Waals surface area contributed by atoms with Crippen LogP contribution in [0.5, 0.6) is 0 Å². The molecule has 1 fully saturated rings. The Morgan fingerprint density at radius 2 is 2.16 bits per heavy atom. The molecule has 0 spiro atoms. The maximum atomic E-state index is 12.4. The highest BCUT2D eigenvalue weighted by molar-refractivity contribution is 5.79. The third-order valence-corrected chi connectivity index (χ3v) is 2.96. The van der Waals surface area contributed by atoms with Crippen LogP contribution in [0.2, 0.25) is 0 Å². The van der Waals surface area contributed by atoms with Gasteiger partial charge in [-0.1, -0.05) is 0 Å². The van der Waals surface area contributed by atoms with E-state index in [1.165, 1.54) is 0 Å². The van der Waals surface area contributed by atoms with E-state index in [2.05, 4.69) is 5.32 Å². The molecular formula is C10H15F3N2O4. The van der Waals surface area contributed by atoms with Crippen molar-refractivity contribution >= 4 is 12.0 Å². The topological polar surface area (TPSA) is 98.7 Å². The fourth-order valence-electron chi connectivity index (χ4n) is 2.02. The third-order valence-electron chi connectivity index (χ3n) is 2.96. The number of carboxylic acid groups (broad SMARTS) is 1. The van der Waals surface area contributed by atoms with Crippen LogP contribution in [0.1, 0.15) is 19.3 Å². The Bertz CT molecular complexity index is 348. The minimum absolute atomic E-state index is 0.369. The van der Waals surface area contributed by atoms with E-state index < -0.39 is 42.7 Å². The van der Waals surface area contributed by atoms with E-state index in [1.807, 2.05) is 0 Å². The van der Waals surface area contributed by atoms with Crippen molar-refractivity contribution in [2.75, 3.05) is 6.54 Å². The van der Waals surface area contributed by atoms with E-state index in [0.29, 0.717) is 19.4 Å². The second-order valence-corrected chi connectivity index (χ2v) is 4.41. The van der Waals surface area contributed by atoms with Crippen LogP contribution in [-0.2, 0) is 4.79 Å². The summed E-state index contributed by atoms with van der Waals surface area (Å²) < 4.78 is 37.3. The number of halogens is 3. The minimum Gasteiger partial charge on any atom is -0.465 e. The summed E-state index contributed by atoms with van der Waals surface area (Å²) in [6.45, 7) is 0.453. The van der Waals surface area contributed by atoms with E-state index >= 15 is 0 Å². The average Bonchev–Trinajstić information content (AvgIpc) is 2.28. The van der Waals surface area contributed by atoms with Crippen molar-refractivity contribution in [1.29, 1.82) is 0 Å². The highest BCUT2D eigenvalue weighted by atomic mass is 19.4. The van der Waals surface area contributed by atoms with Crippen LogP contribution in [-0.4, -0.2) is 47.1 Å². The predicted octanol–water partition coefficient (Wildman–Crippen LogP) is 0.462. The lowest BCUT2D eigenvalue weighted by Gasteiger charge is -2.29. The SMILES string of the molecule is O=C(O)N[C@@H](C[C@@H]1CCCNC1=O)C(O)C(F)(F)F. The molecule has 2 amide bonds. The first kappa shape index (κ1) is 15.5. The van der Waals surface area contributed by atoms with Gasteiger partial charge in [-0.05, 0) is 19.3 Å². The van der Waals surface area contributed by atoms with Crippen molar-refractivity contribution in [1.82, 2.24) is 10.6 Å². The lowest BCUT2D eigenvalue weighted by molar-refractivity contribution is -0.212. The van der Waals surface area contributed by atoms with Gasteiger partial charge in [-0.3, -0.25) is 4.79 Å². The Labute approximate surface area is 107 Å². The molecule has 6 nitrogen and oxygen atoms in total. The molecule has 1 saturated heterocycles. The summed E-state index contributed by atoms with van der Waals surface area (Å²) >= 11 is 0. The number of piperidine rings is 1. The first-order valence-corrected chi connectivity index (χ1v) is 5.73. The smallest absolute Gasteiger partial charge is 0.416 e. The van der Waals surface area contributed by atoms with Gasteiger partial charge >= 0.3 is 12.3 Å². The molecule has 0 saturated carbocycles. The Hall–Kier alpha value is -1.51. The monoisotopic (exact) mass is 284 g/mol. The number of aliphatic hydroxyl groups is 1. The standard InChI is InChI=1S/C10H15F3N2O4/c11-10(12,13)7(16)6(15-9(18)19)4-5-2-1-3-14-8(5)17/h5-7,15-16H,1-4H2,(H,14,17)(H,18,19)/t5-,6-,7?/m0/s1. The fraction of sp³-hybridized carbons (Fsp3) is 0.800. The van der Waals surface area contributed by atoms with E-state index in [9.17, 15) is 22.8 Å². The largest absolute Gasteiger partial charge is 0.465 e. The number of carbonyl (C=O) groups is 2. The van der Waals surface area contributed by atoms with Crippen LogP contribution in [0, 0.1) is 5.92 Å². The zero-order valence-electron chi connectivity index (χ0n) is 9.91. The minimum atomic E-state index is -4.95. The fourth-order valence-corrected chi connectivity index (χ4v) is 2.02. The molecule has 1 rings (SSSR count). The highest BCUT2D eigenvalue weighted by Crippen LogP contribution is 2.27. The number of carbonyl (C=O) groups excluding carboxylic acids is 1. The van der Waals surface area contributed by atoms with Gasteiger partial charge in [-0.15, -0.1) is 0 Å². The second kappa shape index (κ2) is 6.09. The molecule has 0 radical (unpaired) electrons. The van der Waals surface area contributed by atoms with Crippen LogP contribution in [0.25, 0.3) is 0 Å². The molecule has 0 aromatic carbocycles. The molecule has 4 N–H and O–H groups in total. The summed E-state index contributed by atoms with van der Waals surface area (Å²) in [4.78, 5) is 21.9. The first-order valence-electron chi connectivity index (χ1n) is 5.73. The molecule has 0 aromatic heterocycles. The Morgan fingerprint density at radius 3 is 2.63 bits per heavy atom. The van der Waals surface area contributed by atoms with E-state index in [0.717, 1.165) is 0 Å². The van der Waals surface area contributed by atoms with Crippen LogP contribution >= 0.6 is 0 Å². The van der Waals surface area contributed by atoms with Crippen molar-refractivity contribution in [2.45, 2.75) is 37.6 Å². The number of hydrogen-bond acceptors (Lipinski definition) is 3. The molecule has 1 unspecified atom stereocenters. The Balaban J connectivity index is 2.73.